The molecule has 1 atom stereocenters. The maximum absolute atomic E-state index is 8.94. The van der Waals surface area contributed by atoms with Crippen molar-refractivity contribution in [2.75, 3.05) is 0 Å². The Morgan fingerprint density at radius 2 is 1.14 bits per heavy atom. The van der Waals surface area contributed by atoms with Crippen molar-refractivity contribution in [2.24, 2.45) is 0 Å². The van der Waals surface area contributed by atoms with Crippen molar-refractivity contribution in [1.82, 2.24) is 0 Å². The zero-order valence-electron chi connectivity index (χ0n) is 2.90. The van der Waals surface area contributed by atoms with E-state index in [1.54, 1.807) is 0 Å². The molecule has 0 fully saturated rings. The molecule has 1 unspecified atom stereocenters. The first-order chi connectivity index (χ1) is 2.00. The minimum atomic E-state index is -5.12. The van der Waals surface area contributed by atoms with Gasteiger partial charge in [0.2, 0.25) is 0 Å². The van der Waals surface area contributed by atoms with Gasteiger partial charge in [-0.3, -0.25) is 0 Å². The molecule has 42 valence electrons. The van der Waals surface area contributed by atoms with Crippen molar-refractivity contribution in [1.29, 1.82) is 0 Å². The Morgan fingerprint density at radius 3 is 1.14 bits per heavy atom. The third-order valence-electron chi connectivity index (χ3n) is 0. The molecule has 3 N–H and O–H groups in total. The Hall–Kier alpha value is 1.39. The topological polar surface area (TPSA) is 77.8 Å². The van der Waals surface area contributed by atoms with Crippen LogP contribution in [0.3, 0.4) is 0 Å². The summed E-state index contributed by atoms with van der Waals surface area (Å²) in [6.45, 7) is 0. The molecule has 0 heterocycles. The second-order valence-corrected chi connectivity index (χ2v) is 2.67. The van der Waals surface area contributed by atoms with Crippen LogP contribution < -0.4 is 0 Å². The predicted molar refractivity (Wildman–Crippen MR) is 30.2 cm³/mol. The first-order valence-corrected chi connectivity index (χ1v) is 4.07. The van der Waals surface area contributed by atoms with Gasteiger partial charge in [0.05, 0.1) is 0 Å². The molecule has 0 saturated carbocycles. The van der Waals surface area contributed by atoms with E-state index in [4.69, 9.17) is 16.0 Å². The van der Waals surface area contributed by atoms with Gasteiger partial charge in [-0.15, -0.1) is 0 Å². The molecule has 7 heavy (non-hydrogen) atoms. The summed E-state index contributed by atoms with van der Waals surface area (Å²) in [7, 11) is 0. The predicted octanol–water partition coefficient (Wildman–Crippen LogP) is -4.00. The average molecular weight is 228 g/mol. The second kappa shape index (κ2) is 5.53. The Bertz CT molecular complexity index is 55.8. The van der Waals surface area contributed by atoms with E-state index in [0.717, 1.165) is 0 Å². The van der Waals surface area contributed by atoms with Crippen molar-refractivity contribution in [2.45, 2.75) is 0 Å². The molecule has 0 radical (unpaired) electrons. The van der Waals surface area contributed by atoms with E-state index in [2.05, 4.69) is 0 Å². The van der Waals surface area contributed by atoms with Crippen LogP contribution in [0.2, 0.25) is 0 Å². The molecule has 4 nitrogen and oxygen atoms in total. The van der Waals surface area contributed by atoms with Crippen LogP contribution in [0.15, 0.2) is 0 Å². The van der Waals surface area contributed by atoms with Crippen LogP contribution in [0, 0.1) is 0 Å². The van der Waals surface area contributed by atoms with Gasteiger partial charge in [-0.2, -0.15) is 0 Å². The molecule has 0 bridgehead atoms. The molecule has 0 aromatic carbocycles. The van der Waals surface area contributed by atoms with Crippen molar-refractivity contribution in [3.05, 3.63) is 0 Å². The molecule has 0 saturated heterocycles. The fourth-order valence-electron chi connectivity index (χ4n) is 0. The molecule has 0 aliphatic carbocycles. The first kappa shape index (κ1) is 15.8. The van der Waals surface area contributed by atoms with E-state index < -0.39 is 14.5 Å². The normalized spacial score (nSPS) is 8.43. The third-order valence-corrected chi connectivity index (χ3v) is 0. The zero-order valence-corrected chi connectivity index (χ0v) is 7.75. The van der Waals surface area contributed by atoms with Crippen molar-refractivity contribution >= 4 is 51.3 Å². The van der Waals surface area contributed by atoms with Gasteiger partial charge in [0.1, 0.15) is 0 Å². The van der Waals surface area contributed by atoms with Crippen molar-refractivity contribution in [3.63, 3.8) is 0 Å². The van der Waals surface area contributed by atoms with Crippen LogP contribution in [0.5, 0.6) is 0 Å². The number of hydrogen-bond donors (Lipinski definition) is 3. The summed E-state index contributed by atoms with van der Waals surface area (Å²) in [6, 6.07) is 0. The van der Waals surface area contributed by atoms with E-state index in [-0.39, 0.29) is 36.8 Å². The van der Waals surface area contributed by atoms with Gasteiger partial charge in [-0.1, -0.05) is 0 Å². The number of rotatable bonds is 0. The minimum absolute atomic E-state index is 0. The Balaban J connectivity index is -0.0000000800. The van der Waals surface area contributed by atoms with Gasteiger partial charge in [0.15, 0.2) is 0 Å². The SMILES string of the molecule is O=[As](O)(O)O.[AsH3].[LiH]. The van der Waals surface area contributed by atoms with Crippen molar-refractivity contribution in [3.8, 4) is 0 Å². The molecule has 0 rings (SSSR count). The molecule has 0 aliphatic rings. The number of hydrogen-bond acceptors (Lipinski definition) is 1. The van der Waals surface area contributed by atoms with Crippen LogP contribution in [0.1, 0.15) is 0 Å². The molecule has 0 aromatic rings. The molecule has 0 aliphatic heterocycles. The van der Waals surface area contributed by atoms with E-state index in [1.165, 1.54) is 0 Å². The summed E-state index contributed by atoms with van der Waals surface area (Å²) in [4.78, 5) is 0. The molecular weight excluding hydrogens is 221 g/mol. The van der Waals surface area contributed by atoms with E-state index in [0.29, 0.717) is 0 Å². The van der Waals surface area contributed by atoms with E-state index >= 15 is 0 Å². The Labute approximate surface area is 67.1 Å². The molecule has 0 spiro atoms. The fourth-order valence-corrected chi connectivity index (χ4v) is 0. The van der Waals surface area contributed by atoms with E-state index in [1.807, 2.05) is 0 Å². The Morgan fingerprint density at radius 1 is 1.14 bits per heavy atom. The molecular formula is H7As2LiO4. The van der Waals surface area contributed by atoms with Crippen molar-refractivity contribution < 1.29 is 16.0 Å². The maximum atomic E-state index is 8.94. The monoisotopic (exact) mass is 228 g/mol. The Kier molecular flexibility index (Phi) is 12.5. The van der Waals surface area contributed by atoms with Crippen LogP contribution in [0.4, 0.5) is 0 Å². The summed E-state index contributed by atoms with van der Waals surface area (Å²) in [6.07, 6.45) is 0. The third kappa shape index (κ3) is 111. The van der Waals surface area contributed by atoms with Crippen LogP contribution in [-0.2, 0) is 3.74 Å². The first-order valence-electron chi connectivity index (χ1n) is 0.783. The van der Waals surface area contributed by atoms with Gasteiger partial charge in [0, 0.05) is 0 Å². The molecule has 7 heteroatoms. The van der Waals surface area contributed by atoms with Gasteiger partial charge in [0.25, 0.3) is 0 Å². The second-order valence-electron chi connectivity index (χ2n) is 0.513. The van der Waals surface area contributed by atoms with Gasteiger partial charge < -0.3 is 0 Å². The van der Waals surface area contributed by atoms with Gasteiger partial charge in [-0.05, 0) is 0 Å². The summed E-state index contributed by atoms with van der Waals surface area (Å²) < 4.78 is 30.7. The van der Waals surface area contributed by atoms with Crippen LogP contribution in [-0.4, -0.2) is 63.6 Å². The molecule has 0 amide bonds. The average Bonchev–Trinajstić information content (AvgIpc) is 0.722. The van der Waals surface area contributed by atoms with E-state index in [9.17, 15) is 0 Å². The quantitative estimate of drug-likeness (QED) is 0.369. The van der Waals surface area contributed by atoms with Crippen LogP contribution >= 0.6 is 0 Å². The summed E-state index contributed by atoms with van der Waals surface area (Å²) in [5.74, 6) is 0. The summed E-state index contributed by atoms with van der Waals surface area (Å²) >= 11 is -5.12. The molecule has 0 aromatic heterocycles. The zero-order chi connectivity index (χ0) is 4.50. The summed E-state index contributed by atoms with van der Waals surface area (Å²) in [5, 5.41) is 0. The fraction of sp³-hybridized carbons (Fsp3) is 0. The van der Waals surface area contributed by atoms with Gasteiger partial charge >= 0.3 is 67.4 Å². The summed E-state index contributed by atoms with van der Waals surface area (Å²) in [5.41, 5.74) is 0. The van der Waals surface area contributed by atoms with Crippen LogP contribution in [0.25, 0.3) is 0 Å². The standard InChI is InChI=1S/AsH3O4.AsH3.Li.H/c2-1(3,4)5;;;/h(H3,2,3,4,5);1H3;;. The van der Waals surface area contributed by atoms with Gasteiger partial charge in [-0.25, -0.2) is 0 Å².